The van der Waals surface area contributed by atoms with Crippen LogP contribution < -0.4 is 10.3 Å². The van der Waals surface area contributed by atoms with Crippen molar-refractivity contribution in [2.24, 2.45) is 0 Å². The van der Waals surface area contributed by atoms with Gasteiger partial charge < -0.3 is 14.6 Å². The van der Waals surface area contributed by atoms with Crippen molar-refractivity contribution >= 4 is 31.6 Å². The van der Waals surface area contributed by atoms with Crippen molar-refractivity contribution in [3.63, 3.8) is 0 Å². The predicted molar refractivity (Wildman–Crippen MR) is 129 cm³/mol. The lowest BCUT2D eigenvalue weighted by molar-refractivity contribution is 0.173. The minimum absolute atomic E-state index is 0.0890. The highest BCUT2D eigenvalue weighted by Crippen LogP contribution is 2.38. The van der Waals surface area contributed by atoms with Gasteiger partial charge in [-0.2, -0.15) is 0 Å². The second-order valence-corrected chi connectivity index (χ2v) is 8.89. The normalized spacial score (nSPS) is 11.5. The number of aromatic nitrogens is 2. The van der Waals surface area contributed by atoms with Crippen LogP contribution in [0, 0.1) is 0 Å². The largest absolute Gasteiger partial charge is 0.506 e. The molecule has 0 spiro atoms. The Hall–Kier alpha value is -2.90. The molecule has 0 atom stereocenters. The Morgan fingerprint density at radius 2 is 1.88 bits per heavy atom. The number of rotatable bonds is 9. The van der Waals surface area contributed by atoms with E-state index >= 15 is 0 Å². The Labute approximate surface area is 191 Å². The quantitative estimate of drug-likeness (QED) is 0.384. The molecule has 0 radical (unpaired) electrons. The van der Waals surface area contributed by atoms with Gasteiger partial charge >= 0.3 is 0 Å². The van der Waals surface area contributed by atoms with Gasteiger partial charge in [-0.05, 0) is 54.7 Å². The number of thiophene rings is 1. The smallest absolute Gasteiger partial charge is 0.262 e. The topological polar surface area (TPSA) is 73.6 Å². The molecule has 0 aliphatic heterocycles. The van der Waals surface area contributed by atoms with Crippen LogP contribution in [-0.2, 0) is 30.7 Å². The molecule has 4 aromatic rings. The Kier molecular flexibility index (Phi) is 6.77. The van der Waals surface area contributed by atoms with E-state index in [0.717, 1.165) is 41.5 Å². The average molecular weight is 453 g/mol. The first kappa shape index (κ1) is 22.3. The molecule has 1 N–H and O–H groups in total. The Balaban J connectivity index is 1.80. The van der Waals surface area contributed by atoms with E-state index in [0.29, 0.717) is 33.7 Å². The van der Waals surface area contributed by atoms with Crippen molar-refractivity contribution in [3.05, 3.63) is 63.7 Å². The van der Waals surface area contributed by atoms with E-state index in [4.69, 9.17) is 14.5 Å². The third-order valence-electron chi connectivity index (χ3n) is 5.69. The van der Waals surface area contributed by atoms with Gasteiger partial charge in [0.15, 0.2) is 0 Å². The second-order valence-electron chi connectivity index (χ2n) is 7.89. The van der Waals surface area contributed by atoms with Crippen LogP contribution in [-0.4, -0.2) is 28.9 Å². The molecule has 0 saturated heterocycles. The summed E-state index contributed by atoms with van der Waals surface area (Å²) < 4.78 is 13.0. The lowest BCUT2D eigenvalue weighted by Gasteiger charge is -2.12. The number of nitrogens with zero attached hydrogens (tertiary/aromatic N) is 2. The molecule has 7 heteroatoms. The van der Waals surface area contributed by atoms with Crippen LogP contribution in [0.15, 0.2) is 41.2 Å². The van der Waals surface area contributed by atoms with Crippen LogP contribution in [0.3, 0.4) is 0 Å². The Bertz CT molecular complexity index is 1290. The van der Waals surface area contributed by atoms with Crippen LogP contribution in [0.2, 0.25) is 0 Å². The highest BCUT2D eigenvalue weighted by atomic mass is 32.1. The van der Waals surface area contributed by atoms with E-state index in [1.54, 1.807) is 18.8 Å². The van der Waals surface area contributed by atoms with Crippen LogP contribution >= 0.6 is 11.3 Å². The fourth-order valence-corrected chi connectivity index (χ4v) is 5.05. The van der Waals surface area contributed by atoms with E-state index in [1.807, 2.05) is 36.4 Å². The molecule has 4 rings (SSSR count). The maximum Gasteiger partial charge on any atom is 0.262 e. The maximum absolute atomic E-state index is 13.6. The number of ether oxygens (including phenoxy) is 2. The average Bonchev–Trinajstić information content (AvgIpc) is 3.17. The van der Waals surface area contributed by atoms with Gasteiger partial charge in [-0.3, -0.25) is 9.36 Å². The van der Waals surface area contributed by atoms with Crippen molar-refractivity contribution in [1.82, 2.24) is 9.55 Å². The van der Waals surface area contributed by atoms with E-state index in [9.17, 15) is 9.90 Å². The van der Waals surface area contributed by atoms with Gasteiger partial charge in [0.05, 0.1) is 17.2 Å². The van der Waals surface area contributed by atoms with Gasteiger partial charge in [-0.15, -0.1) is 11.3 Å². The molecule has 0 aliphatic rings. The minimum Gasteiger partial charge on any atom is -0.506 e. The molecular formula is C25H28N2O4S. The fourth-order valence-electron chi connectivity index (χ4n) is 3.97. The summed E-state index contributed by atoms with van der Waals surface area (Å²) in [6.45, 7) is 2.88. The first-order valence-electron chi connectivity index (χ1n) is 10.8. The van der Waals surface area contributed by atoms with Gasteiger partial charge in [-0.25, -0.2) is 4.98 Å². The monoisotopic (exact) mass is 452 g/mol. The SMILES string of the molecule is CCCCc1cc(O)c2sc3nc(COC)n(CCc4ccc(OC)cc4)c(=O)c3c2c1. The van der Waals surface area contributed by atoms with Crippen molar-refractivity contribution < 1.29 is 14.6 Å². The predicted octanol–water partition coefficient (Wildman–Crippen LogP) is 5.06. The molecule has 2 aromatic carbocycles. The molecule has 0 amide bonds. The number of benzene rings is 2. The zero-order valence-electron chi connectivity index (χ0n) is 18.7. The van der Waals surface area contributed by atoms with Crippen molar-refractivity contribution in [1.29, 1.82) is 0 Å². The molecule has 0 bridgehead atoms. The zero-order valence-corrected chi connectivity index (χ0v) is 19.5. The molecule has 2 aromatic heterocycles. The number of aryl methyl sites for hydroxylation is 2. The van der Waals surface area contributed by atoms with Gasteiger partial charge in [0, 0.05) is 19.0 Å². The zero-order chi connectivity index (χ0) is 22.7. The summed E-state index contributed by atoms with van der Waals surface area (Å²) in [5.41, 5.74) is 2.06. The fraction of sp³-hybridized carbons (Fsp3) is 0.360. The molecule has 32 heavy (non-hydrogen) atoms. The summed E-state index contributed by atoms with van der Waals surface area (Å²) in [5.74, 6) is 1.61. The van der Waals surface area contributed by atoms with E-state index in [1.165, 1.54) is 11.3 Å². The molecule has 0 fully saturated rings. The number of aromatic hydroxyl groups is 1. The summed E-state index contributed by atoms with van der Waals surface area (Å²) in [7, 11) is 3.24. The first-order valence-corrected chi connectivity index (χ1v) is 11.7. The molecule has 0 aliphatic carbocycles. The van der Waals surface area contributed by atoms with Crippen LogP contribution in [0.25, 0.3) is 20.3 Å². The van der Waals surface area contributed by atoms with Gasteiger partial charge in [-0.1, -0.05) is 25.5 Å². The highest BCUT2D eigenvalue weighted by molar-refractivity contribution is 7.25. The third kappa shape index (κ3) is 4.36. The van der Waals surface area contributed by atoms with E-state index in [2.05, 4.69) is 6.92 Å². The molecular weight excluding hydrogens is 424 g/mol. The number of phenolic OH excluding ortho intramolecular Hbond substituents is 1. The van der Waals surface area contributed by atoms with Crippen LogP contribution in [0.4, 0.5) is 0 Å². The number of hydrogen-bond donors (Lipinski definition) is 1. The Morgan fingerprint density at radius 1 is 1.09 bits per heavy atom. The van der Waals surface area contributed by atoms with Gasteiger partial charge in [0.1, 0.15) is 28.8 Å². The van der Waals surface area contributed by atoms with E-state index in [-0.39, 0.29) is 17.9 Å². The van der Waals surface area contributed by atoms with Crippen LogP contribution in [0.1, 0.15) is 36.7 Å². The Morgan fingerprint density at radius 3 is 2.56 bits per heavy atom. The lowest BCUT2D eigenvalue weighted by atomic mass is 10.0. The lowest BCUT2D eigenvalue weighted by Crippen LogP contribution is -2.26. The first-order chi connectivity index (χ1) is 15.5. The second kappa shape index (κ2) is 9.71. The summed E-state index contributed by atoms with van der Waals surface area (Å²) in [4.78, 5) is 19.0. The number of unbranched alkanes of at least 4 members (excludes halogenated alkanes) is 1. The molecule has 168 valence electrons. The van der Waals surface area contributed by atoms with Crippen molar-refractivity contribution in [2.45, 2.75) is 45.8 Å². The number of fused-ring (bicyclic) bond motifs is 3. The van der Waals surface area contributed by atoms with Gasteiger partial charge in [0.2, 0.25) is 0 Å². The highest BCUT2D eigenvalue weighted by Gasteiger charge is 2.18. The number of phenols is 1. The summed E-state index contributed by atoms with van der Waals surface area (Å²) in [6.07, 6.45) is 3.67. The maximum atomic E-state index is 13.6. The molecule has 0 saturated carbocycles. The summed E-state index contributed by atoms with van der Waals surface area (Å²) in [5, 5.41) is 12.0. The molecule has 6 nitrogen and oxygen atoms in total. The molecule has 0 unspecified atom stereocenters. The number of hydrogen-bond acceptors (Lipinski definition) is 6. The minimum atomic E-state index is -0.0890. The standard InChI is InChI=1S/C25H28N2O4S/c1-4-5-6-17-13-19-22-24(32-23(19)20(28)14-17)26-21(15-30-2)27(25(22)29)12-11-16-7-9-18(31-3)10-8-16/h7-10,13-14,28H,4-6,11-12,15H2,1-3H3. The summed E-state index contributed by atoms with van der Waals surface area (Å²) >= 11 is 1.36. The van der Waals surface area contributed by atoms with Crippen LogP contribution in [0.5, 0.6) is 11.5 Å². The molecule has 2 heterocycles. The number of methoxy groups -OCH3 is 2. The third-order valence-corrected chi connectivity index (χ3v) is 6.81. The van der Waals surface area contributed by atoms with Crippen molar-refractivity contribution in [3.8, 4) is 11.5 Å². The van der Waals surface area contributed by atoms with Gasteiger partial charge in [0.25, 0.3) is 5.56 Å². The van der Waals surface area contributed by atoms with Crippen molar-refractivity contribution in [2.75, 3.05) is 14.2 Å². The van der Waals surface area contributed by atoms with E-state index < -0.39 is 0 Å². The summed E-state index contributed by atoms with van der Waals surface area (Å²) in [6, 6.07) is 11.7.